The fourth-order valence-corrected chi connectivity index (χ4v) is 3.31. The van der Waals surface area contributed by atoms with Gasteiger partial charge in [0.25, 0.3) is 5.91 Å². The van der Waals surface area contributed by atoms with Crippen LogP contribution in [0.25, 0.3) is 11.3 Å². The summed E-state index contributed by atoms with van der Waals surface area (Å²) in [7, 11) is 2.20. The van der Waals surface area contributed by atoms with Gasteiger partial charge in [-0.25, -0.2) is 0 Å². The molecule has 0 aliphatic heterocycles. The second kappa shape index (κ2) is 6.91. The molecule has 6 nitrogen and oxygen atoms in total. The Labute approximate surface area is 136 Å². The van der Waals surface area contributed by atoms with E-state index in [0.29, 0.717) is 11.7 Å². The Kier molecular flexibility index (Phi) is 4.71. The van der Waals surface area contributed by atoms with E-state index in [-0.39, 0.29) is 5.69 Å². The molecule has 1 aromatic heterocycles. The number of rotatable bonds is 5. The van der Waals surface area contributed by atoms with Crippen LogP contribution in [0.15, 0.2) is 24.3 Å². The van der Waals surface area contributed by atoms with Crippen molar-refractivity contribution in [2.45, 2.75) is 44.7 Å². The Morgan fingerprint density at radius 2 is 1.91 bits per heavy atom. The van der Waals surface area contributed by atoms with Gasteiger partial charge in [0.2, 0.25) is 0 Å². The third-order valence-corrected chi connectivity index (χ3v) is 4.64. The summed E-state index contributed by atoms with van der Waals surface area (Å²) in [5, 5.41) is 10.3. The Hall–Kier alpha value is -2.21. The highest BCUT2D eigenvalue weighted by molar-refractivity contribution is 5.96. The van der Waals surface area contributed by atoms with E-state index in [1.165, 1.54) is 37.7 Å². The lowest BCUT2D eigenvalue weighted by atomic mass is 9.94. The number of aromatic amines is 1. The molecular weight excluding hydrogens is 290 g/mol. The van der Waals surface area contributed by atoms with E-state index in [0.717, 1.165) is 12.1 Å². The van der Waals surface area contributed by atoms with Crippen molar-refractivity contribution in [1.29, 1.82) is 0 Å². The van der Waals surface area contributed by atoms with Crippen molar-refractivity contribution < 1.29 is 4.79 Å². The summed E-state index contributed by atoms with van der Waals surface area (Å²) >= 11 is 0. The Balaban J connectivity index is 1.69. The lowest BCUT2D eigenvalue weighted by Crippen LogP contribution is -2.32. The Bertz CT molecular complexity index is 658. The van der Waals surface area contributed by atoms with Gasteiger partial charge in [-0.05, 0) is 25.5 Å². The van der Waals surface area contributed by atoms with Crippen molar-refractivity contribution in [2.75, 3.05) is 7.05 Å². The molecule has 1 amide bonds. The molecule has 1 fully saturated rings. The molecule has 0 bridgehead atoms. The number of aromatic nitrogens is 3. The third-order valence-electron chi connectivity index (χ3n) is 4.64. The van der Waals surface area contributed by atoms with Crippen molar-refractivity contribution in [2.24, 2.45) is 5.73 Å². The number of carbonyl (C=O) groups is 1. The molecule has 2 aromatic rings. The molecule has 3 N–H and O–H groups in total. The van der Waals surface area contributed by atoms with Crippen LogP contribution in [0.5, 0.6) is 0 Å². The van der Waals surface area contributed by atoms with Gasteiger partial charge >= 0.3 is 0 Å². The highest BCUT2D eigenvalue weighted by atomic mass is 16.1. The maximum atomic E-state index is 11.3. The normalized spacial score (nSPS) is 15.9. The summed E-state index contributed by atoms with van der Waals surface area (Å²) < 4.78 is 0. The number of nitrogens with one attached hydrogen (secondary N) is 1. The van der Waals surface area contributed by atoms with Crippen LogP contribution in [-0.2, 0) is 6.54 Å². The predicted octanol–water partition coefficient (Wildman–Crippen LogP) is 2.34. The number of H-pyrrole nitrogens is 1. The molecule has 1 aliphatic carbocycles. The molecule has 1 aromatic carbocycles. The van der Waals surface area contributed by atoms with Crippen molar-refractivity contribution in [3.63, 3.8) is 0 Å². The van der Waals surface area contributed by atoms with Crippen LogP contribution >= 0.6 is 0 Å². The highest BCUT2D eigenvalue weighted by Crippen LogP contribution is 2.24. The van der Waals surface area contributed by atoms with E-state index in [9.17, 15) is 4.79 Å². The summed E-state index contributed by atoms with van der Waals surface area (Å²) in [4.78, 5) is 13.8. The molecule has 0 saturated heterocycles. The maximum Gasteiger partial charge on any atom is 0.271 e. The molecule has 6 heteroatoms. The second-order valence-corrected chi connectivity index (χ2v) is 6.29. The average Bonchev–Trinajstić information content (AvgIpc) is 3.06. The van der Waals surface area contributed by atoms with Gasteiger partial charge in [-0.1, -0.05) is 43.5 Å². The van der Waals surface area contributed by atoms with Crippen LogP contribution in [0.4, 0.5) is 0 Å². The van der Waals surface area contributed by atoms with Gasteiger partial charge in [0, 0.05) is 18.2 Å². The summed E-state index contributed by atoms with van der Waals surface area (Å²) in [6.07, 6.45) is 6.66. The van der Waals surface area contributed by atoms with Crippen LogP contribution in [0.1, 0.15) is 48.2 Å². The number of primary amides is 1. The topological polar surface area (TPSA) is 87.9 Å². The fraction of sp³-hybridized carbons (Fsp3) is 0.471. The second-order valence-electron chi connectivity index (χ2n) is 6.29. The van der Waals surface area contributed by atoms with E-state index < -0.39 is 5.91 Å². The van der Waals surface area contributed by atoms with Gasteiger partial charge < -0.3 is 5.73 Å². The van der Waals surface area contributed by atoms with Crippen molar-refractivity contribution in [3.8, 4) is 11.3 Å². The highest BCUT2D eigenvalue weighted by Gasteiger charge is 2.18. The third kappa shape index (κ3) is 3.59. The number of benzene rings is 1. The number of nitrogens with two attached hydrogens (primary N) is 1. The van der Waals surface area contributed by atoms with E-state index >= 15 is 0 Å². The van der Waals surface area contributed by atoms with Gasteiger partial charge in [0.1, 0.15) is 5.69 Å². The van der Waals surface area contributed by atoms with Gasteiger partial charge in [0.05, 0.1) is 0 Å². The van der Waals surface area contributed by atoms with Gasteiger partial charge in [-0.3, -0.25) is 9.69 Å². The lowest BCUT2D eigenvalue weighted by Gasteiger charge is -2.31. The maximum absolute atomic E-state index is 11.3. The summed E-state index contributed by atoms with van der Waals surface area (Å²) in [5.41, 5.74) is 8.09. The average molecular weight is 313 g/mol. The van der Waals surface area contributed by atoms with Crippen LogP contribution in [-0.4, -0.2) is 39.3 Å². The van der Waals surface area contributed by atoms with E-state index in [4.69, 9.17) is 5.73 Å². The van der Waals surface area contributed by atoms with Crippen LogP contribution in [0.3, 0.4) is 0 Å². The fourth-order valence-electron chi connectivity index (χ4n) is 3.31. The molecule has 1 heterocycles. The first-order chi connectivity index (χ1) is 11.1. The van der Waals surface area contributed by atoms with Crippen LogP contribution < -0.4 is 5.73 Å². The SMILES string of the molecule is CN(Cc1ccc(-c2n[nH]nc2C(N)=O)cc1)C1CCCCC1. The van der Waals surface area contributed by atoms with Gasteiger partial charge in [-0.15, -0.1) is 0 Å². The number of hydrogen-bond donors (Lipinski definition) is 2. The number of carbonyl (C=O) groups excluding carboxylic acids is 1. The molecule has 1 saturated carbocycles. The summed E-state index contributed by atoms with van der Waals surface area (Å²) in [5.74, 6) is -0.574. The Morgan fingerprint density at radius 1 is 1.22 bits per heavy atom. The first kappa shape index (κ1) is 15.7. The van der Waals surface area contributed by atoms with E-state index in [1.54, 1.807) is 0 Å². The largest absolute Gasteiger partial charge is 0.364 e. The molecule has 3 rings (SSSR count). The quantitative estimate of drug-likeness (QED) is 0.887. The van der Waals surface area contributed by atoms with E-state index in [2.05, 4.69) is 39.5 Å². The Morgan fingerprint density at radius 3 is 2.57 bits per heavy atom. The molecular formula is C17H23N5O. The zero-order valence-electron chi connectivity index (χ0n) is 13.5. The predicted molar refractivity (Wildman–Crippen MR) is 88.7 cm³/mol. The van der Waals surface area contributed by atoms with Gasteiger partial charge in [-0.2, -0.15) is 15.4 Å². The summed E-state index contributed by atoms with van der Waals surface area (Å²) in [6, 6.07) is 8.78. The minimum Gasteiger partial charge on any atom is -0.364 e. The molecule has 0 radical (unpaired) electrons. The lowest BCUT2D eigenvalue weighted by molar-refractivity contribution is 0.0996. The molecule has 122 valence electrons. The molecule has 0 atom stereocenters. The minimum absolute atomic E-state index is 0.178. The van der Waals surface area contributed by atoms with E-state index in [1.807, 2.05) is 12.1 Å². The number of amides is 1. The van der Waals surface area contributed by atoms with Crippen LogP contribution in [0, 0.1) is 0 Å². The minimum atomic E-state index is -0.574. The summed E-state index contributed by atoms with van der Waals surface area (Å²) in [6.45, 7) is 0.937. The first-order valence-corrected chi connectivity index (χ1v) is 8.15. The molecule has 0 spiro atoms. The van der Waals surface area contributed by atoms with Crippen molar-refractivity contribution in [1.82, 2.24) is 20.3 Å². The molecule has 23 heavy (non-hydrogen) atoms. The molecule has 1 aliphatic rings. The monoisotopic (exact) mass is 313 g/mol. The standard InChI is InChI=1S/C17H23N5O/c1-22(14-5-3-2-4-6-14)11-12-7-9-13(10-8-12)15-16(17(18)23)20-21-19-15/h7-10,14H,2-6,11H2,1H3,(H2,18,23)(H,19,20,21). The zero-order valence-corrected chi connectivity index (χ0v) is 13.5. The number of hydrogen-bond acceptors (Lipinski definition) is 4. The number of nitrogens with zero attached hydrogens (tertiary/aromatic N) is 3. The van der Waals surface area contributed by atoms with Crippen molar-refractivity contribution >= 4 is 5.91 Å². The smallest absolute Gasteiger partial charge is 0.271 e. The van der Waals surface area contributed by atoms with Gasteiger partial charge in [0.15, 0.2) is 5.69 Å². The molecule has 0 unspecified atom stereocenters. The van der Waals surface area contributed by atoms with Crippen molar-refractivity contribution in [3.05, 3.63) is 35.5 Å². The first-order valence-electron chi connectivity index (χ1n) is 8.15. The zero-order chi connectivity index (χ0) is 16.2. The van der Waals surface area contributed by atoms with Crippen LogP contribution in [0.2, 0.25) is 0 Å².